The largest absolute Gasteiger partial charge is 0.346 e. The van der Waals surface area contributed by atoms with Crippen LogP contribution in [0, 0.1) is 23.4 Å². The summed E-state index contributed by atoms with van der Waals surface area (Å²) in [6.07, 6.45) is 2.38. The third-order valence-electron chi connectivity index (χ3n) is 4.65. The van der Waals surface area contributed by atoms with Gasteiger partial charge in [0.15, 0.2) is 11.6 Å². The highest BCUT2D eigenvalue weighted by molar-refractivity contribution is 7.92. The molecular weight excluding hydrogens is 488 g/mol. The first-order chi connectivity index (χ1) is 16.4. The maximum Gasteiger partial charge on any atom is 0.244 e. The zero-order chi connectivity index (χ0) is 25.8. The van der Waals surface area contributed by atoms with Crippen molar-refractivity contribution >= 4 is 39.2 Å². The fourth-order valence-corrected chi connectivity index (χ4v) is 3.56. The number of hydrogen-bond acceptors (Lipinski definition) is 5. The number of rotatable bonds is 8. The van der Waals surface area contributed by atoms with E-state index in [0.29, 0.717) is 11.3 Å². The van der Waals surface area contributed by atoms with E-state index in [1.54, 1.807) is 30.3 Å². The summed E-state index contributed by atoms with van der Waals surface area (Å²) in [5.41, 5.74) is -0.456. The molecule has 7 nitrogen and oxygen atoms in total. The number of amides is 1. The lowest BCUT2D eigenvalue weighted by Gasteiger charge is -2.14. The highest BCUT2D eigenvalue weighted by atomic mass is 32.2. The Balaban J connectivity index is 1.71. The van der Waals surface area contributed by atoms with Crippen LogP contribution in [0.4, 0.5) is 34.8 Å². The molecule has 2 aromatic carbocycles. The van der Waals surface area contributed by atoms with Crippen molar-refractivity contribution < 1.29 is 30.8 Å². The molecule has 3 N–H and O–H groups in total. The molecule has 0 spiro atoms. The average Bonchev–Trinajstić information content (AvgIpc) is 2.78. The standard InChI is InChI=1S/C23H20F4N4O3S/c1-13(14-8-10-18(17(24)12-14)31-35(2,33)34)28-19(32)11-9-16-20(25)21(26)23(30-22(16)27)29-15-6-4-3-5-7-15/h3-13,31H,1-2H3,(H,28,32)(H,29,30)/b11-9+/t13-/m1/s1. The maximum atomic E-state index is 14.4. The van der Waals surface area contributed by atoms with Gasteiger partial charge in [0.2, 0.25) is 27.7 Å². The minimum Gasteiger partial charge on any atom is -0.346 e. The number of carbonyl (C=O) groups excluding carboxylic acids is 1. The van der Waals surface area contributed by atoms with Crippen LogP contribution < -0.4 is 15.4 Å². The molecule has 1 aromatic heterocycles. The molecule has 0 saturated heterocycles. The van der Waals surface area contributed by atoms with Crippen LogP contribution in [-0.2, 0) is 14.8 Å². The number of hydrogen-bond donors (Lipinski definition) is 3. The van der Waals surface area contributed by atoms with Gasteiger partial charge in [-0.3, -0.25) is 9.52 Å². The van der Waals surface area contributed by atoms with Crippen molar-refractivity contribution in [2.45, 2.75) is 13.0 Å². The molecule has 3 rings (SSSR count). The Morgan fingerprint density at radius 3 is 2.34 bits per heavy atom. The molecule has 3 aromatic rings. The van der Waals surface area contributed by atoms with Gasteiger partial charge >= 0.3 is 0 Å². The summed E-state index contributed by atoms with van der Waals surface area (Å²) in [6, 6.07) is 10.9. The van der Waals surface area contributed by atoms with E-state index < -0.39 is 56.8 Å². The first kappa shape index (κ1) is 25.7. The second-order valence-corrected chi connectivity index (χ2v) is 9.21. The zero-order valence-corrected chi connectivity index (χ0v) is 19.3. The molecule has 184 valence electrons. The van der Waals surface area contributed by atoms with E-state index in [1.165, 1.54) is 19.1 Å². The molecule has 0 radical (unpaired) electrons. The van der Waals surface area contributed by atoms with Crippen LogP contribution in [0.2, 0.25) is 0 Å². The van der Waals surface area contributed by atoms with Crippen LogP contribution >= 0.6 is 0 Å². The van der Waals surface area contributed by atoms with Crippen molar-refractivity contribution in [1.29, 1.82) is 0 Å². The Hall–Kier alpha value is -3.93. The normalized spacial score (nSPS) is 12.4. The lowest BCUT2D eigenvalue weighted by Crippen LogP contribution is -2.24. The molecule has 0 fully saturated rings. The summed E-state index contributed by atoms with van der Waals surface area (Å²) in [4.78, 5) is 15.6. The van der Waals surface area contributed by atoms with Crippen LogP contribution in [0.15, 0.2) is 54.6 Å². The Morgan fingerprint density at radius 1 is 1.03 bits per heavy atom. The fraction of sp³-hybridized carbons (Fsp3) is 0.130. The number of aromatic nitrogens is 1. The van der Waals surface area contributed by atoms with Gasteiger partial charge in [-0.2, -0.15) is 13.8 Å². The third-order valence-corrected chi connectivity index (χ3v) is 5.25. The minimum absolute atomic E-state index is 0.264. The van der Waals surface area contributed by atoms with Crippen LogP contribution in [0.1, 0.15) is 24.1 Å². The summed E-state index contributed by atoms with van der Waals surface area (Å²) < 4.78 is 81.8. The lowest BCUT2D eigenvalue weighted by atomic mass is 10.1. The number of carbonyl (C=O) groups is 1. The number of halogens is 4. The third kappa shape index (κ3) is 6.79. The van der Waals surface area contributed by atoms with Crippen molar-refractivity contribution in [2.75, 3.05) is 16.3 Å². The molecule has 0 aliphatic rings. The highest BCUT2D eigenvalue weighted by Gasteiger charge is 2.20. The van der Waals surface area contributed by atoms with E-state index in [9.17, 15) is 30.8 Å². The van der Waals surface area contributed by atoms with Gasteiger partial charge < -0.3 is 10.6 Å². The monoisotopic (exact) mass is 508 g/mol. The number of sulfonamides is 1. The van der Waals surface area contributed by atoms with Crippen LogP contribution in [-0.4, -0.2) is 25.6 Å². The fourth-order valence-electron chi connectivity index (χ4n) is 2.99. The molecule has 0 bridgehead atoms. The summed E-state index contributed by atoms with van der Waals surface area (Å²) in [6.45, 7) is 1.51. The van der Waals surface area contributed by atoms with E-state index in [2.05, 4.69) is 15.6 Å². The molecule has 1 heterocycles. The molecule has 35 heavy (non-hydrogen) atoms. The van der Waals surface area contributed by atoms with Gasteiger partial charge in [0.25, 0.3) is 0 Å². The van der Waals surface area contributed by atoms with E-state index in [4.69, 9.17) is 0 Å². The number of pyridine rings is 1. The van der Waals surface area contributed by atoms with Crippen molar-refractivity contribution in [1.82, 2.24) is 10.3 Å². The van der Waals surface area contributed by atoms with Crippen molar-refractivity contribution in [3.63, 3.8) is 0 Å². The number of para-hydroxylation sites is 1. The first-order valence-corrected chi connectivity index (χ1v) is 12.0. The second kappa shape index (κ2) is 10.6. The maximum absolute atomic E-state index is 14.4. The minimum atomic E-state index is -3.68. The predicted molar refractivity (Wildman–Crippen MR) is 124 cm³/mol. The van der Waals surface area contributed by atoms with Crippen LogP contribution in [0.3, 0.4) is 0 Å². The summed E-state index contributed by atoms with van der Waals surface area (Å²) in [5.74, 6) is -6.62. The molecule has 1 amide bonds. The number of benzene rings is 2. The molecule has 0 aliphatic carbocycles. The van der Waals surface area contributed by atoms with Crippen molar-refractivity contribution in [3.05, 3.63) is 89.1 Å². The Kier molecular flexibility index (Phi) is 7.75. The lowest BCUT2D eigenvalue weighted by molar-refractivity contribution is -0.117. The average molecular weight is 508 g/mol. The summed E-state index contributed by atoms with van der Waals surface area (Å²) in [5, 5.41) is 4.93. The van der Waals surface area contributed by atoms with E-state index in [0.717, 1.165) is 24.5 Å². The Labute approximate surface area is 198 Å². The molecular formula is C23H20F4N4O3S. The number of anilines is 3. The topological polar surface area (TPSA) is 100 Å². The van der Waals surface area contributed by atoms with E-state index >= 15 is 0 Å². The molecule has 0 saturated carbocycles. The van der Waals surface area contributed by atoms with Crippen LogP contribution in [0.25, 0.3) is 6.08 Å². The zero-order valence-electron chi connectivity index (χ0n) is 18.4. The SMILES string of the molecule is C[C@@H](NC(=O)/C=C/c1c(F)nc(Nc2ccccc2)c(F)c1F)c1ccc(NS(C)(=O)=O)c(F)c1. The van der Waals surface area contributed by atoms with Gasteiger partial charge in [-0.05, 0) is 42.8 Å². The first-order valence-electron chi connectivity index (χ1n) is 10.1. The predicted octanol–water partition coefficient (Wildman–Crippen LogP) is 4.64. The van der Waals surface area contributed by atoms with Gasteiger partial charge in [0.1, 0.15) is 5.82 Å². The molecule has 1 atom stereocenters. The van der Waals surface area contributed by atoms with E-state index in [-0.39, 0.29) is 5.69 Å². The van der Waals surface area contributed by atoms with Gasteiger partial charge in [-0.15, -0.1) is 0 Å². The smallest absolute Gasteiger partial charge is 0.244 e. The number of nitrogens with one attached hydrogen (secondary N) is 3. The number of nitrogens with zero attached hydrogens (tertiary/aromatic N) is 1. The molecule has 0 aliphatic heterocycles. The van der Waals surface area contributed by atoms with Gasteiger partial charge in [-0.1, -0.05) is 24.3 Å². The quantitative estimate of drug-likeness (QED) is 0.234. The Morgan fingerprint density at radius 2 is 1.71 bits per heavy atom. The summed E-state index contributed by atoms with van der Waals surface area (Å²) >= 11 is 0. The van der Waals surface area contributed by atoms with Crippen molar-refractivity contribution in [2.24, 2.45) is 0 Å². The van der Waals surface area contributed by atoms with Crippen LogP contribution in [0.5, 0.6) is 0 Å². The van der Waals surface area contributed by atoms with Gasteiger partial charge in [0, 0.05) is 11.8 Å². The molecule has 12 heteroatoms. The highest BCUT2D eigenvalue weighted by Crippen LogP contribution is 2.25. The van der Waals surface area contributed by atoms with Gasteiger partial charge in [0.05, 0.1) is 23.5 Å². The van der Waals surface area contributed by atoms with E-state index in [1.807, 2.05) is 4.72 Å². The van der Waals surface area contributed by atoms with Crippen molar-refractivity contribution in [3.8, 4) is 0 Å². The molecule has 0 unspecified atom stereocenters. The second-order valence-electron chi connectivity index (χ2n) is 7.46. The van der Waals surface area contributed by atoms with Gasteiger partial charge in [-0.25, -0.2) is 17.2 Å². The summed E-state index contributed by atoms with van der Waals surface area (Å²) in [7, 11) is -3.68. The Bertz CT molecular complexity index is 1380.